The minimum Gasteiger partial charge on any atom is -0.292 e. The molecule has 0 fully saturated rings. The first-order valence-corrected chi connectivity index (χ1v) is 5.54. The summed E-state index contributed by atoms with van der Waals surface area (Å²) in [7, 11) is 0. The van der Waals surface area contributed by atoms with Gasteiger partial charge in [0.25, 0.3) is 0 Å². The molecule has 1 aliphatic carbocycles. The van der Waals surface area contributed by atoms with Crippen molar-refractivity contribution in [2.45, 2.75) is 46.6 Å². The molecule has 0 unspecified atom stereocenters. The van der Waals surface area contributed by atoms with Crippen molar-refractivity contribution in [2.75, 3.05) is 0 Å². The van der Waals surface area contributed by atoms with Gasteiger partial charge in [-0.2, -0.15) is 5.10 Å². The van der Waals surface area contributed by atoms with Gasteiger partial charge < -0.3 is 0 Å². The molecule has 1 aromatic rings. The molecule has 0 atom stereocenters. The normalized spacial score (nSPS) is 19.4. The van der Waals surface area contributed by atoms with Crippen LogP contribution in [-0.4, -0.2) is 15.6 Å². The second-order valence-corrected chi connectivity index (χ2v) is 5.27. The minimum absolute atomic E-state index is 0.223. The summed E-state index contributed by atoms with van der Waals surface area (Å²) >= 11 is 0. The minimum atomic E-state index is -0.223. The molecule has 1 aromatic heterocycles. The van der Waals surface area contributed by atoms with Crippen molar-refractivity contribution in [3.63, 3.8) is 0 Å². The highest BCUT2D eigenvalue weighted by atomic mass is 16.1. The molecule has 0 saturated carbocycles. The number of hydrogen-bond donors (Lipinski definition) is 0. The lowest BCUT2D eigenvalue weighted by Crippen LogP contribution is -2.32. The van der Waals surface area contributed by atoms with Crippen LogP contribution >= 0.6 is 0 Å². The molecule has 2 rings (SSSR count). The van der Waals surface area contributed by atoms with Crippen molar-refractivity contribution < 1.29 is 4.79 Å². The maximum Gasteiger partial charge on any atom is 0.186 e. The van der Waals surface area contributed by atoms with Gasteiger partial charge in [0.15, 0.2) is 5.78 Å². The Bertz CT molecular complexity index is 402. The quantitative estimate of drug-likeness (QED) is 0.708. The highest BCUT2D eigenvalue weighted by Crippen LogP contribution is 2.35. The third-order valence-electron chi connectivity index (χ3n) is 3.21. The SMILES string of the molecule is CC(C)n1ncc2c1C(=O)C(C)(C)CC2. The van der Waals surface area contributed by atoms with Gasteiger partial charge in [0.1, 0.15) is 5.69 Å². The fraction of sp³-hybridized carbons (Fsp3) is 0.667. The van der Waals surface area contributed by atoms with Crippen molar-refractivity contribution in [3.05, 3.63) is 17.5 Å². The number of carbonyl (C=O) groups is 1. The average molecular weight is 206 g/mol. The van der Waals surface area contributed by atoms with Gasteiger partial charge in [0.05, 0.1) is 6.20 Å². The van der Waals surface area contributed by atoms with Gasteiger partial charge in [0.2, 0.25) is 0 Å². The van der Waals surface area contributed by atoms with Gasteiger partial charge in [-0.05, 0) is 26.7 Å². The smallest absolute Gasteiger partial charge is 0.186 e. The van der Waals surface area contributed by atoms with E-state index < -0.39 is 0 Å². The number of rotatable bonds is 1. The molecular weight excluding hydrogens is 188 g/mol. The van der Waals surface area contributed by atoms with Crippen molar-refractivity contribution in [2.24, 2.45) is 5.41 Å². The fourth-order valence-corrected chi connectivity index (χ4v) is 2.10. The molecule has 0 radical (unpaired) electrons. The van der Waals surface area contributed by atoms with Crippen LogP contribution in [-0.2, 0) is 6.42 Å². The first-order chi connectivity index (χ1) is 6.93. The zero-order valence-corrected chi connectivity index (χ0v) is 9.87. The molecule has 3 heteroatoms. The van der Waals surface area contributed by atoms with Crippen LogP contribution in [0.3, 0.4) is 0 Å². The molecule has 0 N–H and O–H groups in total. The third kappa shape index (κ3) is 1.50. The molecule has 0 aliphatic heterocycles. The van der Waals surface area contributed by atoms with Crippen molar-refractivity contribution in [1.29, 1.82) is 0 Å². The maximum absolute atomic E-state index is 12.3. The van der Waals surface area contributed by atoms with E-state index >= 15 is 0 Å². The topological polar surface area (TPSA) is 34.9 Å². The summed E-state index contributed by atoms with van der Waals surface area (Å²) < 4.78 is 1.86. The first kappa shape index (κ1) is 10.4. The van der Waals surface area contributed by atoms with Gasteiger partial charge >= 0.3 is 0 Å². The molecule has 82 valence electrons. The summed E-state index contributed by atoms with van der Waals surface area (Å²) in [5.41, 5.74) is 1.73. The molecular formula is C12H18N2O. The number of aromatic nitrogens is 2. The molecule has 0 aromatic carbocycles. The molecule has 1 heterocycles. The van der Waals surface area contributed by atoms with Crippen LogP contribution in [0, 0.1) is 5.41 Å². The predicted octanol–water partition coefficient (Wildman–Crippen LogP) is 2.62. The largest absolute Gasteiger partial charge is 0.292 e. The highest BCUT2D eigenvalue weighted by molar-refractivity contribution is 6.00. The van der Waals surface area contributed by atoms with Crippen molar-refractivity contribution in [3.8, 4) is 0 Å². The standard InChI is InChI=1S/C12H18N2O/c1-8(2)14-10-9(7-13-14)5-6-12(3,4)11(10)15/h7-8H,5-6H2,1-4H3. The number of ketones is 1. The third-order valence-corrected chi connectivity index (χ3v) is 3.21. The predicted molar refractivity (Wildman–Crippen MR) is 59.0 cm³/mol. The van der Waals surface area contributed by atoms with Gasteiger partial charge in [-0.1, -0.05) is 13.8 Å². The van der Waals surface area contributed by atoms with Crippen LogP contribution in [0.15, 0.2) is 6.20 Å². The Labute approximate surface area is 90.5 Å². The van der Waals surface area contributed by atoms with Crippen LogP contribution < -0.4 is 0 Å². The Morgan fingerprint density at radius 1 is 1.47 bits per heavy atom. The van der Waals surface area contributed by atoms with Crippen molar-refractivity contribution >= 4 is 5.78 Å². The Balaban J connectivity index is 2.53. The molecule has 3 nitrogen and oxygen atoms in total. The monoisotopic (exact) mass is 206 g/mol. The van der Waals surface area contributed by atoms with E-state index in [0.717, 1.165) is 24.1 Å². The summed E-state index contributed by atoms with van der Waals surface area (Å²) in [6.45, 7) is 8.16. The van der Waals surface area contributed by atoms with E-state index in [1.54, 1.807) is 0 Å². The lowest BCUT2D eigenvalue weighted by Gasteiger charge is -2.28. The van der Waals surface area contributed by atoms with E-state index in [2.05, 4.69) is 18.9 Å². The Hall–Kier alpha value is -1.12. The van der Waals surface area contributed by atoms with Crippen molar-refractivity contribution in [1.82, 2.24) is 9.78 Å². The average Bonchev–Trinajstić information content (AvgIpc) is 2.55. The van der Waals surface area contributed by atoms with Crippen LogP contribution in [0.25, 0.3) is 0 Å². The number of carbonyl (C=O) groups excluding carboxylic acids is 1. The number of aryl methyl sites for hydroxylation is 1. The van der Waals surface area contributed by atoms with E-state index in [1.165, 1.54) is 0 Å². The molecule has 0 amide bonds. The summed E-state index contributed by atoms with van der Waals surface area (Å²) in [6.07, 6.45) is 3.76. The molecule has 15 heavy (non-hydrogen) atoms. The highest BCUT2D eigenvalue weighted by Gasteiger charge is 2.37. The van der Waals surface area contributed by atoms with Crippen LogP contribution in [0.5, 0.6) is 0 Å². The summed E-state index contributed by atoms with van der Waals surface area (Å²) in [5.74, 6) is 0.245. The molecule has 0 bridgehead atoms. The van der Waals surface area contributed by atoms with E-state index in [0.29, 0.717) is 0 Å². The summed E-state index contributed by atoms with van der Waals surface area (Å²) in [4.78, 5) is 12.3. The van der Waals surface area contributed by atoms with Crippen LogP contribution in [0.2, 0.25) is 0 Å². The lowest BCUT2D eigenvalue weighted by atomic mass is 9.76. The number of Topliss-reactive ketones (excluding diaryl/α,β-unsaturated/α-hetero) is 1. The van der Waals surface area contributed by atoms with Gasteiger partial charge in [-0.15, -0.1) is 0 Å². The molecule has 0 saturated heterocycles. The van der Waals surface area contributed by atoms with E-state index in [1.807, 2.05) is 24.7 Å². The zero-order chi connectivity index (χ0) is 11.2. The van der Waals surface area contributed by atoms with Gasteiger partial charge in [0, 0.05) is 17.0 Å². The molecule has 1 aliphatic rings. The summed E-state index contributed by atoms with van der Waals surface area (Å²) in [6, 6.07) is 0.256. The van der Waals surface area contributed by atoms with Gasteiger partial charge in [-0.3, -0.25) is 9.48 Å². The lowest BCUT2D eigenvalue weighted by molar-refractivity contribution is 0.0796. The number of nitrogens with zero attached hydrogens (tertiary/aromatic N) is 2. The van der Waals surface area contributed by atoms with Gasteiger partial charge in [-0.25, -0.2) is 0 Å². The van der Waals surface area contributed by atoms with E-state index in [4.69, 9.17) is 0 Å². The van der Waals surface area contributed by atoms with E-state index in [-0.39, 0.29) is 17.2 Å². The zero-order valence-electron chi connectivity index (χ0n) is 9.87. The number of hydrogen-bond acceptors (Lipinski definition) is 2. The molecule has 0 spiro atoms. The van der Waals surface area contributed by atoms with E-state index in [9.17, 15) is 4.79 Å². The first-order valence-electron chi connectivity index (χ1n) is 5.54. The maximum atomic E-state index is 12.3. The second kappa shape index (κ2) is 3.19. The van der Waals surface area contributed by atoms with Crippen LogP contribution in [0.1, 0.15) is 56.2 Å². The van der Waals surface area contributed by atoms with Crippen LogP contribution in [0.4, 0.5) is 0 Å². The Morgan fingerprint density at radius 3 is 2.73 bits per heavy atom. The Kier molecular flexibility index (Phi) is 2.21. The second-order valence-electron chi connectivity index (χ2n) is 5.27. The summed E-state index contributed by atoms with van der Waals surface area (Å²) in [5, 5.41) is 4.31. The fourth-order valence-electron chi connectivity index (χ4n) is 2.10. The number of fused-ring (bicyclic) bond motifs is 1. The Morgan fingerprint density at radius 2 is 2.13 bits per heavy atom.